The maximum atomic E-state index is 11.9. The van der Waals surface area contributed by atoms with Gasteiger partial charge in [0.15, 0.2) is 5.11 Å². The first-order valence-corrected chi connectivity index (χ1v) is 7.84. The predicted octanol–water partition coefficient (Wildman–Crippen LogP) is 2.79. The van der Waals surface area contributed by atoms with Crippen molar-refractivity contribution in [3.63, 3.8) is 0 Å². The number of carbonyl (C=O) groups excluding carboxylic acids is 1. The third-order valence-corrected chi connectivity index (χ3v) is 3.75. The summed E-state index contributed by atoms with van der Waals surface area (Å²) in [5.74, 6) is -0.281. The summed E-state index contributed by atoms with van der Waals surface area (Å²) in [6.07, 6.45) is -0.709. The Morgan fingerprint density at radius 3 is 2.41 bits per heavy atom. The zero-order valence-electron chi connectivity index (χ0n) is 11.6. The first-order valence-electron chi connectivity index (χ1n) is 6.64. The zero-order chi connectivity index (χ0) is 15.9. The molecule has 3 N–H and O–H groups in total. The first kappa shape index (κ1) is 16.6. The largest absolute Gasteiger partial charge is 0.387 e. The Labute approximate surface area is 142 Å². The van der Waals surface area contributed by atoms with Crippen molar-refractivity contribution in [3.05, 3.63) is 70.2 Å². The number of halogens is 1. The van der Waals surface area contributed by atoms with Gasteiger partial charge in [0.1, 0.15) is 0 Å². The lowest BCUT2D eigenvalue weighted by Gasteiger charge is -2.14. The lowest BCUT2D eigenvalue weighted by Crippen LogP contribution is -2.40. The van der Waals surface area contributed by atoms with Gasteiger partial charge in [0.25, 0.3) is 5.91 Å². The molecule has 0 aliphatic heterocycles. The fraction of sp³-hybridized carbons (Fsp3) is 0.125. The van der Waals surface area contributed by atoms with Crippen molar-refractivity contribution in [2.75, 3.05) is 6.54 Å². The number of hydrogen-bond donors (Lipinski definition) is 3. The second kappa shape index (κ2) is 8.03. The fourth-order valence-electron chi connectivity index (χ4n) is 1.80. The smallest absolute Gasteiger partial charge is 0.257 e. The molecule has 0 aliphatic carbocycles. The quantitative estimate of drug-likeness (QED) is 0.715. The summed E-state index contributed by atoms with van der Waals surface area (Å²) in [5.41, 5.74) is 1.30. The normalized spacial score (nSPS) is 11.5. The molecule has 0 aromatic heterocycles. The van der Waals surface area contributed by atoms with E-state index in [1.165, 1.54) is 0 Å². The molecule has 0 saturated carbocycles. The second-order valence-electron chi connectivity index (χ2n) is 4.60. The topological polar surface area (TPSA) is 61.4 Å². The van der Waals surface area contributed by atoms with E-state index in [1.807, 2.05) is 30.3 Å². The molecule has 0 spiro atoms. The van der Waals surface area contributed by atoms with E-state index in [4.69, 9.17) is 12.2 Å². The van der Waals surface area contributed by atoms with E-state index >= 15 is 0 Å². The maximum absolute atomic E-state index is 11.9. The molecule has 2 aromatic carbocycles. The number of benzene rings is 2. The van der Waals surface area contributed by atoms with Crippen LogP contribution in [0.2, 0.25) is 0 Å². The molecule has 0 aliphatic rings. The molecule has 0 radical (unpaired) electrons. The van der Waals surface area contributed by atoms with Crippen molar-refractivity contribution in [1.82, 2.24) is 10.6 Å². The number of thiocarbonyl (C=S) groups is 1. The van der Waals surface area contributed by atoms with Gasteiger partial charge in [-0.2, -0.15) is 0 Å². The highest BCUT2D eigenvalue weighted by molar-refractivity contribution is 9.10. The zero-order valence-corrected chi connectivity index (χ0v) is 14.0. The van der Waals surface area contributed by atoms with Gasteiger partial charge in [-0.3, -0.25) is 10.1 Å². The summed E-state index contributed by atoms with van der Waals surface area (Å²) in [6.45, 7) is 0.218. The number of nitrogens with one attached hydrogen (secondary N) is 2. The summed E-state index contributed by atoms with van der Waals surface area (Å²) in [4.78, 5) is 11.9. The number of rotatable bonds is 4. The molecular weight excluding hydrogens is 364 g/mol. The minimum Gasteiger partial charge on any atom is -0.387 e. The van der Waals surface area contributed by atoms with Crippen molar-refractivity contribution < 1.29 is 9.90 Å². The first-order chi connectivity index (χ1) is 10.6. The highest BCUT2D eigenvalue weighted by atomic mass is 79.9. The minimum atomic E-state index is -0.709. The summed E-state index contributed by atoms with van der Waals surface area (Å²) in [7, 11) is 0. The van der Waals surface area contributed by atoms with Crippen molar-refractivity contribution in [1.29, 1.82) is 0 Å². The third-order valence-electron chi connectivity index (χ3n) is 2.97. The van der Waals surface area contributed by atoms with Crippen molar-refractivity contribution >= 4 is 39.2 Å². The van der Waals surface area contributed by atoms with E-state index in [2.05, 4.69) is 26.6 Å². The summed E-state index contributed by atoms with van der Waals surface area (Å²) >= 11 is 8.40. The van der Waals surface area contributed by atoms with Crippen LogP contribution in [0.25, 0.3) is 0 Å². The van der Waals surface area contributed by atoms with Crippen LogP contribution < -0.4 is 10.6 Å². The number of carbonyl (C=O) groups is 1. The lowest BCUT2D eigenvalue weighted by atomic mass is 10.1. The van der Waals surface area contributed by atoms with Crippen molar-refractivity contribution in [2.24, 2.45) is 0 Å². The standard InChI is InChI=1S/C16H15BrN2O2S/c17-13-8-6-11(7-9-13)14(20)10-18-16(22)19-15(21)12-4-2-1-3-5-12/h1-9,14,20H,10H2,(H2,18,19,21,22)/t14-/m1/s1. The molecule has 2 rings (SSSR count). The van der Waals surface area contributed by atoms with Crippen molar-refractivity contribution in [2.45, 2.75) is 6.10 Å². The van der Waals surface area contributed by atoms with Gasteiger partial charge in [-0.15, -0.1) is 0 Å². The van der Waals surface area contributed by atoms with E-state index < -0.39 is 6.10 Å². The van der Waals surface area contributed by atoms with Crippen LogP contribution in [0.3, 0.4) is 0 Å². The molecule has 2 aromatic rings. The van der Waals surface area contributed by atoms with Crippen LogP contribution in [0.5, 0.6) is 0 Å². The molecule has 114 valence electrons. The van der Waals surface area contributed by atoms with Gasteiger partial charge in [0.2, 0.25) is 0 Å². The van der Waals surface area contributed by atoms with Gasteiger partial charge < -0.3 is 10.4 Å². The summed E-state index contributed by atoms with van der Waals surface area (Å²) in [6, 6.07) is 16.2. The van der Waals surface area contributed by atoms with Gasteiger partial charge in [0, 0.05) is 16.6 Å². The Morgan fingerprint density at radius 1 is 1.14 bits per heavy atom. The molecule has 0 unspecified atom stereocenters. The van der Waals surface area contributed by atoms with Crippen LogP contribution in [0.1, 0.15) is 22.0 Å². The molecule has 0 saturated heterocycles. The molecule has 22 heavy (non-hydrogen) atoms. The van der Waals surface area contributed by atoms with E-state index in [9.17, 15) is 9.90 Å². The molecule has 1 amide bonds. The van der Waals surface area contributed by atoms with Crippen LogP contribution in [-0.4, -0.2) is 22.7 Å². The summed E-state index contributed by atoms with van der Waals surface area (Å²) in [5, 5.41) is 15.7. The average molecular weight is 379 g/mol. The SMILES string of the molecule is O=C(NC(=S)NC[C@@H](O)c1ccc(Br)cc1)c1ccccc1. The van der Waals surface area contributed by atoms with Crippen LogP contribution >= 0.6 is 28.1 Å². The Bertz CT molecular complexity index is 647. The Kier molecular flexibility index (Phi) is 6.06. The van der Waals surface area contributed by atoms with E-state index in [1.54, 1.807) is 24.3 Å². The average Bonchev–Trinajstić information content (AvgIpc) is 2.54. The Hall–Kier alpha value is -1.76. The molecule has 0 fully saturated rings. The highest BCUT2D eigenvalue weighted by Crippen LogP contribution is 2.16. The molecule has 6 heteroatoms. The van der Waals surface area contributed by atoms with E-state index in [0.29, 0.717) is 5.56 Å². The van der Waals surface area contributed by atoms with Crippen LogP contribution in [0.15, 0.2) is 59.1 Å². The number of amides is 1. The number of aliphatic hydroxyl groups is 1. The third kappa shape index (κ3) is 4.91. The Balaban J connectivity index is 1.82. The fourth-order valence-corrected chi connectivity index (χ4v) is 2.24. The van der Waals surface area contributed by atoms with Gasteiger partial charge in [0.05, 0.1) is 6.10 Å². The van der Waals surface area contributed by atoms with Gasteiger partial charge in [-0.25, -0.2) is 0 Å². The van der Waals surface area contributed by atoms with Gasteiger partial charge in [-0.05, 0) is 42.0 Å². The number of hydrogen-bond acceptors (Lipinski definition) is 3. The molecule has 4 nitrogen and oxygen atoms in total. The molecule has 1 atom stereocenters. The van der Waals surface area contributed by atoms with Gasteiger partial charge >= 0.3 is 0 Å². The van der Waals surface area contributed by atoms with E-state index in [0.717, 1.165) is 10.0 Å². The van der Waals surface area contributed by atoms with Crippen LogP contribution in [0.4, 0.5) is 0 Å². The Morgan fingerprint density at radius 2 is 1.77 bits per heavy atom. The minimum absolute atomic E-state index is 0.185. The van der Waals surface area contributed by atoms with Crippen LogP contribution in [0, 0.1) is 0 Å². The number of aliphatic hydroxyl groups excluding tert-OH is 1. The van der Waals surface area contributed by atoms with Crippen molar-refractivity contribution in [3.8, 4) is 0 Å². The lowest BCUT2D eigenvalue weighted by molar-refractivity contribution is 0.0976. The molecule has 0 heterocycles. The highest BCUT2D eigenvalue weighted by Gasteiger charge is 2.10. The summed E-state index contributed by atoms with van der Waals surface area (Å²) < 4.78 is 0.946. The second-order valence-corrected chi connectivity index (χ2v) is 5.92. The van der Waals surface area contributed by atoms with Gasteiger partial charge in [-0.1, -0.05) is 46.3 Å². The molecule has 0 bridgehead atoms. The van der Waals surface area contributed by atoms with Crippen LogP contribution in [-0.2, 0) is 0 Å². The predicted molar refractivity (Wildman–Crippen MR) is 93.6 cm³/mol. The van der Waals surface area contributed by atoms with E-state index in [-0.39, 0.29) is 17.6 Å². The monoisotopic (exact) mass is 378 g/mol. The molecular formula is C16H15BrN2O2S. The maximum Gasteiger partial charge on any atom is 0.257 e.